The van der Waals surface area contributed by atoms with Crippen molar-refractivity contribution in [1.29, 1.82) is 0 Å². The number of hydrogen-bond donors (Lipinski definition) is 6. The molecule has 0 radical (unpaired) electrons. The van der Waals surface area contributed by atoms with E-state index in [9.17, 15) is 47.9 Å². The van der Waals surface area contributed by atoms with E-state index in [0.29, 0.717) is 97.1 Å². The summed E-state index contributed by atoms with van der Waals surface area (Å²) in [5.74, 6) is -5.72. The number of amides is 8. The van der Waals surface area contributed by atoms with Gasteiger partial charge in [-0.25, -0.2) is 9.37 Å². The van der Waals surface area contributed by atoms with Gasteiger partial charge in [0, 0.05) is 48.7 Å². The Kier molecular flexibility index (Phi) is 17.5. The summed E-state index contributed by atoms with van der Waals surface area (Å²) in [6.45, 7) is 5.96. The molecule has 0 spiro atoms. The van der Waals surface area contributed by atoms with Crippen LogP contribution in [0.25, 0.3) is 22.3 Å². The van der Waals surface area contributed by atoms with Crippen molar-refractivity contribution in [3.8, 4) is 11.4 Å². The van der Waals surface area contributed by atoms with Crippen LogP contribution in [0.1, 0.15) is 129 Å². The second-order valence-electron chi connectivity index (χ2n) is 22.8. The zero-order valence-corrected chi connectivity index (χ0v) is 46.4. The lowest BCUT2D eigenvalue weighted by Crippen LogP contribution is -2.52. The van der Waals surface area contributed by atoms with E-state index in [-0.39, 0.29) is 79.6 Å². The van der Waals surface area contributed by atoms with Gasteiger partial charge in [0.25, 0.3) is 5.56 Å². The van der Waals surface area contributed by atoms with Crippen molar-refractivity contribution in [3.05, 3.63) is 97.6 Å². The average molecular weight is 1110 g/mol. The number of hydrogen-bond acceptors (Lipinski definition) is 13. The molecular weight excluding hydrogens is 1040 g/mol. The fourth-order valence-corrected chi connectivity index (χ4v) is 11.5. The summed E-state index contributed by atoms with van der Waals surface area (Å²) in [6.07, 6.45) is 3.75. The maximum absolute atomic E-state index is 15.5. The Labute approximate surface area is 468 Å². The maximum atomic E-state index is 15.5. The Bertz CT molecular complexity index is 3270. The SMILES string of the molecule is BC(C)(C)C1CC(=O)N(CCCCCC(=O)NCC(=O)NCC(=O)N[C@@H](Cc2ccccc2)C(=O)NCC(=O)NCOC(C(=O)N[C@H]2CCc3c(C)c(F)cc4nc5c(c2c34)Cn2c-5cc3c(c2=O)COC(=O)[C@@H]3CC)C2CC2)C1=O. The number of cyclic esters (lactones) is 1. The highest BCUT2D eigenvalue weighted by molar-refractivity contribution is 6.19. The number of ether oxygens (including phenoxy) is 2. The quantitative estimate of drug-likeness (QED) is 0.0170. The van der Waals surface area contributed by atoms with Crippen molar-refractivity contribution < 1.29 is 57.0 Å². The van der Waals surface area contributed by atoms with Gasteiger partial charge in [-0.3, -0.25) is 52.8 Å². The first-order valence-corrected chi connectivity index (χ1v) is 28.0. The van der Waals surface area contributed by atoms with E-state index < -0.39 is 85.1 Å². The van der Waals surface area contributed by atoms with Crippen LogP contribution < -0.4 is 37.5 Å². The molecule has 23 heteroatoms. The van der Waals surface area contributed by atoms with Crippen molar-refractivity contribution in [1.82, 2.24) is 46.4 Å². The third kappa shape index (κ3) is 12.9. The standard InChI is InChI=1S/C58H69BFN9O12/c1-5-33-35-21-43-51-36(27-69(43)55(77)37(35)28-80-57(33)79)50-40(18-17-34-30(2)39(60)23-41(66-51)49(34)50)67-54(76)52(32-15-16-32)81-29-64-46(72)25-63-53(75)42(20-31-12-8-6-9-13-31)65-47(73)26-62-45(71)24-61-44(70)14-10-7-11-19-68-48(74)22-38(56(68)78)58(3,4)59/h6,8-9,12-13,21,23,32-33,38,40,42,52H,5,7,10-11,14-20,22,24-29,59H2,1-4H3,(H,61,70)(H,62,71)(H,63,75)(H,64,72)(H,65,73)(H,67,76)/t33-,38?,40+,42+,52?/m1/s1. The molecule has 4 aromatic rings. The number of carbonyl (C=O) groups is 9. The van der Waals surface area contributed by atoms with E-state index >= 15 is 4.39 Å². The van der Waals surface area contributed by atoms with Crippen LogP contribution in [0.4, 0.5) is 4.39 Å². The monoisotopic (exact) mass is 1110 g/mol. The van der Waals surface area contributed by atoms with Crippen molar-refractivity contribution in [2.75, 3.05) is 32.9 Å². The smallest absolute Gasteiger partial charge is 0.313 e. The van der Waals surface area contributed by atoms with E-state index in [0.717, 1.165) is 22.1 Å². The largest absolute Gasteiger partial charge is 0.460 e. The Morgan fingerprint density at radius 3 is 2.30 bits per heavy atom. The van der Waals surface area contributed by atoms with Gasteiger partial charge in [0.2, 0.25) is 47.3 Å². The minimum Gasteiger partial charge on any atom is -0.460 e. The molecule has 3 aliphatic heterocycles. The average Bonchev–Trinajstić information content (AvgIpc) is 2.49. The topological polar surface area (TPSA) is 282 Å². The van der Waals surface area contributed by atoms with Crippen LogP contribution in [-0.4, -0.2) is 121 Å². The molecule has 2 aromatic carbocycles. The number of nitrogens with one attached hydrogen (secondary N) is 6. The second-order valence-corrected chi connectivity index (χ2v) is 22.8. The summed E-state index contributed by atoms with van der Waals surface area (Å²) in [4.78, 5) is 137. The molecule has 428 valence electrons. The summed E-state index contributed by atoms with van der Waals surface area (Å²) >= 11 is 0. The summed E-state index contributed by atoms with van der Waals surface area (Å²) < 4.78 is 28.6. The number of rotatable bonds is 24. The van der Waals surface area contributed by atoms with E-state index in [1.54, 1.807) is 41.8 Å². The molecule has 1 saturated heterocycles. The van der Waals surface area contributed by atoms with Crippen molar-refractivity contribution in [2.24, 2.45) is 11.8 Å². The molecule has 9 rings (SSSR count). The second kappa shape index (κ2) is 24.5. The Hall–Kier alpha value is -7.82. The summed E-state index contributed by atoms with van der Waals surface area (Å²) in [5, 5.41) is 16.3. The van der Waals surface area contributed by atoms with Crippen LogP contribution >= 0.6 is 0 Å². The number of esters is 1. The summed E-state index contributed by atoms with van der Waals surface area (Å²) in [5.41, 5.74) is 5.50. The number of halogens is 1. The first-order valence-electron chi connectivity index (χ1n) is 28.0. The van der Waals surface area contributed by atoms with Gasteiger partial charge in [-0.2, -0.15) is 0 Å². The van der Waals surface area contributed by atoms with E-state index in [4.69, 9.17) is 14.5 Å². The van der Waals surface area contributed by atoms with Crippen LogP contribution in [-0.2, 0) is 78.6 Å². The number of fused-ring (bicyclic) bond motifs is 5. The molecule has 6 N–H and O–H groups in total. The molecule has 2 unspecified atom stereocenters. The fraction of sp³-hybridized carbons (Fsp3) is 0.500. The minimum atomic E-state index is -1.16. The van der Waals surface area contributed by atoms with Crippen LogP contribution in [0.5, 0.6) is 0 Å². The van der Waals surface area contributed by atoms with E-state index in [1.165, 1.54) is 11.0 Å². The first-order chi connectivity index (χ1) is 38.7. The highest BCUT2D eigenvalue weighted by Gasteiger charge is 2.45. The number of carbonyl (C=O) groups excluding carboxylic acids is 9. The van der Waals surface area contributed by atoms with Gasteiger partial charge < -0.3 is 45.9 Å². The Morgan fingerprint density at radius 1 is 0.864 bits per heavy atom. The van der Waals surface area contributed by atoms with Crippen molar-refractivity contribution >= 4 is 72.0 Å². The number of imide groups is 1. The lowest BCUT2D eigenvalue weighted by atomic mass is 9.63. The van der Waals surface area contributed by atoms with Crippen LogP contribution in [0, 0.1) is 24.6 Å². The van der Waals surface area contributed by atoms with Crippen LogP contribution in [0.3, 0.4) is 0 Å². The van der Waals surface area contributed by atoms with Gasteiger partial charge >= 0.3 is 5.97 Å². The molecule has 21 nitrogen and oxygen atoms in total. The van der Waals surface area contributed by atoms with Gasteiger partial charge in [-0.15, -0.1) is 0 Å². The van der Waals surface area contributed by atoms with Crippen molar-refractivity contribution in [3.63, 3.8) is 0 Å². The van der Waals surface area contributed by atoms with Crippen LogP contribution in [0.2, 0.25) is 5.31 Å². The first kappa shape index (κ1) is 57.9. The minimum absolute atomic E-state index is 0.0502. The summed E-state index contributed by atoms with van der Waals surface area (Å²) in [7, 11) is 1.94. The predicted octanol–water partition coefficient (Wildman–Crippen LogP) is 2.24. The number of nitrogens with zero attached hydrogens (tertiary/aromatic N) is 3. The fourth-order valence-electron chi connectivity index (χ4n) is 11.5. The lowest BCUT2D eigenvalue weighted by Gasteiger charge is -2.31. The number of aromatic nitrogens is 2. The van der Waals surface area contributed by atoms with Crippen LogP contribution in [0.15, 0.2) is 47.3 Å². The van der Waals surface area contributed by atoms with Gasteiger partial charge in [0.15, 0.2) is 0 Å². The number of likely N-dealkylation sites (tertiary alicyclic amines) is 1. The van der Waals surface area contributed by atoms with Crippen molar-refractivity contribution in [2.45, 2.75) is 141 Å². The summed E-state index contributed by atoms with van der Waals surface area (Å²) in [6, 6.07) is 10.3. The molecule has 5 aliphatic rings. The molecule has 5 atom stereocenters. The third-order valence-electron chi connectivity index (χ3n) is 16.2. The van der Waals surface area contributed by atoms with Gasteiger partial charge in [0.1, 0.15) is 39.1 Å². The Balaban J connectivity index is 0.751. The zero-order chi connectivity index (χ0) is 57.9. The molecule has 5 heterocycles. The Morgan fingerprint density at radius 2 is 1.58 bits per heavy atom. The molecule has 8 amide bonds. The number of aryl methyl sites for hydroxylation is 1. The van der Waals surface area contributed by atoms with E-state index in [2.05, 4.69) is 31.9 Å². The zero-order valence-electron chi connectivity index (χ0n) is 46.4. The molecule has 0 bridgehead atoms. The third-order valence-corrected chi connectivity index (χ3v) is 16.2. The maximum Gasteiger partial charge on any atom is 0.313 e. The number of benzene rings is 2. The number of unbranched alkanes of at least 4 members (excludes halogenated alkanes) is 2. The molecule has 2 fully saturated rings. The highest BCUT2D eigenvalue weighted by atomic mass is 19.1. The van der Waals surface area contributed by atoms with E-state index in [1.807, 2.05) is 34.7 Å². The van der Waals surface area contributed by atoms with Gasteiger partial charge in [-0.05, 0) is 91.7 Å². The lowest BCUT2D eigenvalue weighted by molar-refractivity contribution is -0.148. The predicted molar refractivity (Wildman–Crippen MR) is 295 cm³/mol. The normalized spacial score (nSPS) is 18.7. The molecule has 1 saturated carbocycles. The van der Waals surface area contributed by atoms with Gasteiger partial charge in [-0.1, -0.05) is 62.8 Å². The molecule has 2 aromatic heterocycles. The highest BCUT2D eigenvalue weighted by Crippen LogP contribution is 2.46. The van der Waals surface area contributed by atoms with Gasteiger partial charge in [0.05, 0.1) is 60.6 Å². The molecular formula is C58H69BFN9O12. The molecule has 81 heavy (non-hydrogen) atoms. The molecule has 2 aliphatic carbocycles. The number of pyridine rings is 2.